The van der Waals surface area contributed by atoms with Crippen LogP contribution >= 0.6 is 0 Å². The van der Waals surface area contributed by atoms with Gasteiger partial charge in [-0.2, -0.15) is 5.10 Å². The maximum Gasteiger partial charge on any atom is 0.264 e. The number of aryl methyl sites for hydroxylation is 3. The van der Waals surface area contributed by atoms with Crippen LogP contribution in [0.5, 0.6) is 0 Å². The largest absolute Gasteiger partial charge is 0.326 e. The van der Waals surface area contributed by atoms with Crippen LogP contribution < -0.4 is 10.9 Å². The highest BCUT2D eigenvalue weighted by molar-refractivity contribution is 5.91. The van der Waals surface area contributed by atoms with Gasteiger partial charge in [-0.1, -0.05) is 12.1 Å². The van der Waals surface area contributed by atoms with Crippen LogP contribution in [0.25, 0.3) is 11.0 Å². The van der Waals surface area contributed by atoms with Gasteiger partial charge in [-0.05, 0) is 31.0 Å². The van der Waals surface area contributed by atoms with Crippen LogP contribution in [0.4, 0.5) is 5.69 Å². The average Bonchev–Trinajstić information content (AvgIpc) is 2.93. The molecule has 0 saturated carbocycles. The SMILES string of the molecule is Cc1cccc(NC(=O)CCn2cnc3c(cnn3C)c2=O)c1C. The van der Waals surface area contributed by atoms with Crippen LogP contribution in [0.3, 0.4) is 0 Å². The van der Waals surface area contributed by atoms with Gasteiger partial charge in [0.1, 0.15) is 5.39 Å². The van der Waals surface area contributed by atoms with Crippen molar-refractivity contribution in [1.29, 1.82) is 0 Å². The van der Waals surface area contributed by atoms with E-state index in [9.17, 15) is 9.59 Å². The van der Waals surface area contributed by atoms with Crippen LogP contribution in [-0.4, -0.2) is 25.2 Å². The number of nitrogens with one attached hydrogen (secondary N) is 1. The van der Waals surface area contributed by atoms with Crippen molar-refractivity contribution in [2.75, 3.05) is 5.32 Å². The number of fused-ring (bicyclic) bond motifs is 1. The molecule has 3 rings (SSSR count). The Labute approximate surface area is 138 Å². The normalized spacial score (nSPS) is 11.0. The lowest BCUT2D eigenvalue weighted by molar-refractivity contribution is -0.116. The first-order chi connectivity index (χ1) is 11.5. The third-order valence-electron chi connectivity index (χ3n) is 4.18. The van der Waals surface area contributed by atoms with Gasteiger partial charge >= 0.3 is 0 Å². The fraction of sp³-hybridized carbons (Fsp3) is 0.294. The van der Waals surface area contributed by atoms with E-state index in [-0.39, 0.29) is 24.4 Å². The Kier molecular flexibility index (Phi) is 4.16. The molecule has 0 unspecified atom stereocenters. The number of benzene rings is 1. The zero-order chi connectivity index (χ0) is 17.3. The van der Waals surface area contributed by atoms with Crippen molar-refractivity contribution in [2.24, 2.45) is 7.05 Å². The molecule has 7 nitrogen and oxygen atoms in total. The van der Waals surface area contributed by atoms with Crippen molar-refractivity contribution in [3.63, 3.8) is 0 Å². The molecule has 1 amide bonds. The zero-order valence-electron chi connectivity index (χ0n) is 13.9. The Hall–Kier alpha value is -2.96. The van der Waals surface area contributed by atoms with E-state index in [1.54, 1.807) is 11.7 Å². The van der Waals surface area contributed by atoms with Crippen molar-refractivity contribution in [3.8, 4) is 0 Å². The van der Waals surface area contributed by atoms with Gasteiger partial charge in [0.15, 0.2) is 5.65 Å². The highest BCUT2D eigenvalue weighted by Gasteiger charge is 2.10. The number of aromatic nitrogens is 4. The molecule has 1 N–H and O–H groups in total. The third kappa shape index (κ3) is 2.92. The number of carbonyl (C=O) groups is 1. The molecule has 0 atom stereocenters. The summed E-state index contributed by atoms with van der Waals surface area (Å²) in [4.78, 5) is 28.7. The van der Waals surface area contributed by atoms with Crippen LogP contribution in [0.1, 0.15) is 17.5 Å². The van der Waals surface area contributed by atoms with E-state index in [0.29, 0.717) is 11.0 Å². The number of anilines is 1. The summed E-state index contributed by atoms with van der Waals surface area (Å²) in [6.07, 6.45) is 3.15. The van der Waals surface area contributed by atoms with Crippen molar-refractivity contribution in [1.82, 2.24) is 19.3 Å². The number of amides is 1. The molecule has 2 heterocycles. The van der Waals surface area contributed by atoms with E-state index < -0.39 is 0 Å². The summed E-state index contributed by atoms with van der Waals surface area (Å²) in [7, 11) is 1.73. The van der Waals surface area contributed by atoms with E-state index >= 15 is 0 Å². The number of hydrogen-bond acceptors (Lipinski definition) is 4. The Morgan fingerprint density at radius 2 is 2.08 bits per heavy atom. The van der Waals surface area contributed by atoms with Crippen LogP contribution in [0, 0.1) is 13.8 Å². The summed E-state index contributed by atoms with van der Waals surface area (Å²) in [5.74, 6) is -0.137. The van der Waals surface area contributed by atoms with Crippen molar-refractivity contribution in [2.45, 2.75) is 26.8 Å². The molecule has 0 spiro atoms. The Morgan fingerprint density at radius 1 is 1.29 bits per heavy atom. The van der Waals surface area contributed by atoms with Gasteiger partial charge in [0.25, 0.3) is 5.56 Å². The van der Waals surface area contributed by atoms with Crippen LogP contribution in [0.15, 0.2) is 35.5 Å². The minimum atomic E-state index is -0.187. The molecular formula is C17H19N5O2. The van der Waals surface area contributed by atoms with Crippen molar-refractivity contribution in [3.05, 3.63) is 52.2 Å². The summed E-state index contributed by atoms with van der Waals surface area (Å²) in [5, 5.41) is 7.37. The second-order valence-corrected chi connectivity index (χ2v) is 5.79. The van der Waals surface area contributed by atoms with Gasteiger partial charge in [-0.3, -0.25) is 18.8 Å². The third-order valence-corrected chi connectivity index (χ3v) is 4.18. The first-order valence-electron chi connectivity index (χ1n) is 7.70. The lowest BCUT2D eigenvalue weighted by Gasteiger charge is -2.11. The predicted molar refractivity (Wildman–Crippen MR) is 91.9 cm³/mol. The van der Waals surface area contributed by atoms with Gasteiger partial charge in [0.2, 0.25) is 5.91 Å². The zero-order valence-corrected chi connectivity index (χ0v) is 13.9. The second kappa shape index (κ2) is 6.27. The van der Waals surface area contributed by atoms with Gasteiger partial charge in [0.05, 0.1) is 12.5 Å². The quantitative estimate of drug-likeness (QED) is 0.792. The summed E-state index contributed by atoms with van der Waals surface area (Å²) >= 11 is 0. The fourth-order valence-corrected chi connectivity index (χ4v) is 2.55. The topological polar surface area (TPSA) is 81.8 Å². The van der Waals surface area contributed by atoms with Crippen LogP contribution in [0.2, 0.25) is 0 Å². The number of rotatable bonds is 4. The fourth-order valence-electron chi connectivity index (χ4n) is 2.55. The van der Waals surface area contributed by atoms with Crippen LogP contribution in [-0.2, 0) is 18.4 Å². The molecule has 0 radical (unpaired) electrons. The Balaban J connectivity index is 1.71. The highest BCUT2D eigenvalue weighted by atomic mass is 16.2. The molecule has 7 heteroatoms. The maximum absolute atomic E-state index is 12.3. The van der Waals surface area contributed by atoms with Gasteiger partial charge < -0.3 is 5.32 Å². The highest BCUT2D eigenvalue weighted by Crippen LogP contribution is 2.18. The molecule has 0 aliphatic heterocycles. The first-order valence-corrected chi connectivity index (χ1v) is 7.70. The summed E-state index contributed by atoms with van der Waals surface area (Å²) in [6.45, 7) is 4.24. The van der Waals surface area contributed by atoms with Gasteiger partial charge in [0, 0.05) is 25.7 Å². The smallest absolute Gasteiger partial charge is 0.264 e. The predicted octanol–water partition coefficient (Wildman–Crippen LogP) is 1.78. The molecular weight excluding hydrogens is 306 g/mol. The van der Waals surface area contributed by atoms with E-state index in [2.05, 4.69) is 15.4 Å². The number of hydrogen-bond donors (Lipinski definition) is 1. The molecule has 0 fully saturated rings. The molecule has 124 valence electrons. The molecule has 0 bridgehead atoms. The Morgan fingerprint density at radius 3 is 2.88 bits per heavy atom. The molecule has 3 aromatic rings. The van der Waals surface area contributed by atoms with Gasteiger partial charge in [-0.15, -0.1) is 0 Å². The van der Waals surface area contributed by atoms with Gasteiger partial charge in [-0.25, -0.2) is 4.98 Å². The monoisotopic (exact) mass is 325 g/mol. The number of nitrogens with zero attached hydrogens (tertiary/aromatic N) is 4. The van der Waals surface area contributed by atoms with E-state index in [4.69, 9.17) is 0 Å². The van der Waals surface area contributed by atoms with E-state index in [1.807, 2.05) is 32.0 Å². The average molecular weight is 325 g/mol. The molecule has 24 heavy (non-hydrogen) atoms. The van der Waals surface area contributed by atoms with E-state index in [1.165, 1.54) is 17.1 Å². The minimum Gasteiger partial charge on any atom is -0.326 e. The molecule has 0 aliphatic carbocycles. The minimum absolute atomic E-state index is 0.137. The summed E-state index contributed by atoms with van der Waals surface area (Å²) in [6, 6.07) is 5.78. The number of carbonyl (C=O) groups excluding carboxylic acids is 1. The lowest BCUT2D eigenvalue weighted by atomic mass is 10.1. The van der Waals surface area contributed by atoms with E-state index in [0.717, 1.165) is 16.8 Å². The Bertz CT molecular complexity index is 971. The lowest BCUT2D eigenvalue weighted by Crippen LogP contribution is -2.23. The first kappa shape index (κ1) is 15.9. The van der Waals surface area contributed by atoms with Crippen molar-refractivity contribution < 1.29 is 4.79 Å². The van der Waals surface area contributed by atoms with Crippen molar-refractivity contribution >= 4 is 22.6 Å². The summed E-state index contributed by atoms with van der Waals surface area (Å²) in [5.41, 5.74) is 3.31. The molecule has 0 aliphatic rings. The molecule has 1 aromatic carbocycles. The second-order valence-electron chi connectivity index (χ2n) is 5.79. The summed E-state index contributed by atoms with van der Waals surface area (Å²) < 4.78 is 2.99. The standard InChI is InChI=1S/C17H19N5O2/c1-11-5-4-6-14(12(11)2)20-15(23)7-8-22-10-18-16-13(17(22)24)9-19-21(16)3/h4-6,9-10H,7-8H2,1-3H3,(H,20,23). The molecule has 0 saturated heterocycles. The molecule has 2 aromatic heterocycles. The maximum atomic E-state index is 12.3.